The van der Waals surface area contributed by atoms with Gasteiger partial charge in [-0.05, 0) is 50.5 Å². The Balaban J connectivity index is 0.000000383. The van der Waals surface area contributed by atoms with Crippen LogP contribution in [0.25, 0.3) is 0 Å². The van der Waals surface area contributed by atoms with E-state index in [0.717, 1.165) is 30.8 Å². The first-order valence-corrected chi connectivity index (χ1v) is 10.4. The standard InChI is InChI=1S/C20H24N4O2.C2HF3O2/c1-15-5-4-6-17(22-15)19(25)24-11-9-20(14-24)13-16(8-12-26-20)23-18-7-2-3-10-21-18;3-2(4,5)1(6)7/h2-7,10,16H,8-9,11-14H2,1H3,(H,21,23);(H,6,7)/t16-,20-;/m1./s1. The number of ether oxygens (including phenoxy) is 1. The molecule has 2 atom stereocenters. The summed E-state index contributed by atoms with van der Waals surface area (Å²) >= 11 is 0. The maximum atomic E-state index is 12.8. The number of carboxylic acid groups (broad SMARTS) is 1. The van der Waals surface area contributed by atoms with Gasteiger partial charge in [0.05, 0.1) is 12.1 Å². The second-order valence-corrected chi connectivity index (χ2v) is 8.02. The SMILES string of the molecule is Cc1cccc(C(=O)N2CC[C@@]3(C[C@H](Nc4ccccn4)CCO3)C2)n1.O=C(O)C(F)(F)F. The fourth-order valence-corrected chi connectivity index (χ4v) is 3.93. The van der Waals surface area contributed by atoms with Gasteiger partial charge in [-0.1, -0.05) is 12.1 Å². The largest absolute Gasteiger partial charge is 0.490 e. The predicted molar refractivity (Wildman–Crippen MR) is 113 cm³/mol. The maximum Gasteiger partial charge on any atom is 0.490 e. The number of carbonyl (C=O) groups is 2. The van der Waals surface area contributed by atoms with E-state index in [1.54, 1.807) is 12.3 Å². The van der Waals surface area contributed by atoms with Crippen molar-refractivity contribution in [3.63, 3.8) is 0 Å². The molecule has 2 aliphatic rings. The van der Waals surface area contributed by atoms with Crippen molar-refractivity contribution in [3.05, 3.63) is 54.0 Å². The van der Waals surface area contributed by atoms with E-state index in [1.807, 2.05) is 42.2 Å². The van der Waals surface area contributed by atoms with Gasteiger partial charge in [0.25, 0.3) is 5.91 Å². The van der Waals surface area contributed by atoms with Crippen LogP contribution < -0.4 is 5.32 Å². The number of nitrogens with one attached hydrogen (secondary N) is 1. The molecule has 4 rings (SSSR count). The highest BCUT2D eigenvalue weighted by molar-refractivity contribution is 5.92. The number of aliphatic carboxylic acids is 1. The van der Waals surface area contributed by atoms with Crippen molar-refractivity contribution in [1.82, 2.24) is 14.9 Å². The van der Waals surface area contributed by atoms with E-state index in [4.69, 9.17) is 14.6 Å². The van der Waals surface area contributed by atoms with E-state index < -0.39 is 12.1 Å². The van der Waals surface area contributed by atoms with E-state index >= 15 is 0 Å². The Morgan fingerprint density at radius 1 is 1.24 bits per heavy atom. The molecule has 33 heavy (non-hydrogen) atoms. The molecule has 178 valence electrons. The fourth-order valence-electron chi connectivity index (χ4n) is 3.93. The molecule has 2 aliphatic heterocycles. The lowest BCUT2D eigenvalue weighted by Gasteiger charge is -2.38. The zero-order valence-corrected chi connectivity index (χ0v) is 18.0. The lowest BCUT2D eigenvalue weighted by molar-refractivity contribution is -0.192. The molecule has 1 spiro atoms. The molecule has 0 aliphatic carbocycles. The Hall–Kier alpha value is -3.21. The van der Waals surface area contributed by atoms with Gasteiger partial charge in [-0.3, -0.25) is 4.79 Å². The molecular weight excluding hydrogens is 441 g/mol. The van der Waals surface area contributed by atoms with E-state index in [-0.39, 0.29) is 11.5 Å². The van der Waals surface area contributed by atoms with E-state index in [2.05, 4.69) is 15.3 Å². The second kappa shape index (κ2) is 10.2. The molecule has 2 aromatic heterocycles. The van der Waals surface area contributed by atoms with E-state index in [9.17, 15) is 18.0 Å². The number of hydrogen-bond acceptors (Lipinski definition) is 6. The molecular formula is C22H25F3N4O4. The van der Waals surface area contributed by atoms with Crippen LogP contribution in [0.15, 0.2) is 42.6 Å². The lowest BCUT2D eigenvalue weighted by atomic mass is 9.89. The Bertz CT molecular complexity index is 974. The number of halogens is 3. The summed E-state index contributed by atoms with van der Waals surface area (Å²) in [6.45, 7) is 3.95. The molecule has 11 heteroatoms. The van der Waals surface area contributed by atoms with Crippen molar-refractivity contribution in [3.8, 4) is 0 Å². The summed E-state index contributed by atoms with van der Waals surface area (Å²) in [5.41, 5.74) is 1.11. The number of pyridine rings is 2. The molecule has 0 saturated carbocycles. The van der Waals surface area contributed by atoms with Crippen LogP contribution in [0.5, 0.6) is 0 Å². The van der Waals surface area contributed by atoms with Gasteiger partial charge in [0.1, 0.15) is 11.5 Å². The number of aryl methyl sites for hydroxylation is 1. The first-order valence-electron chi connectivity index (χ1n) is 10.4. The number of anilines is 1. The predicted octanol–water partition coefficient (Wildman–Crippen LogP) is 3.29. The topological polar surface area (TPSA) is 105 Å². The highest BCUT2D eigenvalue weighted by Gasteiger charge is 2.45. The van der Waals surface area contributed by atoms with Gasteiger partial charge in [0.2, 0.25) is 0 Å². The molecule has 4 heterocycles. The van der Waals surface area contributed by atoms with Gasteiger partial charge in [-0.2, -0.15) is 13.2 Å². The van der Waals surface area contributed by atoms with Gasteiger partial charge < -0.3 is 20.1 Å². The van der Waals surface area contributed by atoms with Crippen molar-refractivity contribution in [2.24, 2.45) is 0 Å². The van der Waals surface area contributed by atoms with E-state index in [1.165, 1.54) is 0 Å². The number of carbonyl (C=O) groups excluding carboxylic acids is 1. The van der Waals surface area contributed by atoms with Crippen LogP contribution in [0.2, 0.25) is 0 Å². The van der Waals surface area contributed by atoms with Gasteiger partial charge in [-0.25, -0.2) is 14.8 Å². The van der Waals surface area contributed by atoms with Crippen LogP contribution in [-0.2, 0) is 9.53 Å². The smallest absolute Gasteiger partial charge is 0.475 e. The molecule has 0 radical (unpaired) electrons. The van der Waals surface area contributed by atoms with E-state index in [0.29, 0.717) is 31.4 Å². The van der Waals surface area contributed by atoms with Crippen LogP contribution in [0, 0.1) is 6.92 Å². The summed E-state index contributed by atoms with van der Waals surface area (Å²) in [7, 11) is 0. The number of likely N-dealkylation sites (tertiary alicyclic amines) is 1. The highest BCUT2D eigenvalue weighted by atomic mass is 19.4. The minimum absolute atomic E-state index is 0.00557. The first-order chi connectivity index (χ1) is 15.6. The summed E-state index contributed by atoms with van der Waals surface area (Å²) in [4.78, 5) is 32.3. The molecule has 0 bridgehead atoms. The molecule has 8 nitrogen and oxygen atoms in total. The minimum Gasteiger partial charge on any atom is -0.475 e. The number of aromatic nitrogens is 2. The number of carboxylic acids is 1. The molecule has 2 fully saturated rings. The third kappa shape index (κ3) is 6.64. The summed E-state index contributed by atoms with van der Waals surface area (Å²) in [6, 6.07) is 11.8. The van der Waals surface area contributed by atoms with Crippen LogP contribution >= 0.6 is 0 Å². The second-order valence-electron chi connectivity index (χ2n) is 8.02. The maximum absolute atomic E-state index is 12.8. The molecule has 0 unspecified atom stereocenters. The van der Waals surface area contributed by atoms with Gasteiger partial charge in [0.15, 0.2) is 0 Å². The summed E-state index contributed by atoms with van der Waals surface area (Å²) in [6.07, 6.45) is -0.590. The minimum atomic E-state index is -5.08. The molecule has 0 aromatic carbocycles. The summed E-state index contributed by atoms with van der Waals surface area (Å²) < 4.78 is 37.9. The number of alkyl halides is 3. The third-order valence-corrected chi connectivity index (χ3v) is 5.46. The van der Waals surface area contributed by atoms with Crippen LogP contribution in [0.1, 0.15) is 35.4 Å². The molecule has 2 aromatic rings. The Morgan fingerprint density at radius 2 is 2.00 bits per heavy atom. The zero-order chi connectivity index (χ0) is 24.1. The van der Waals surface area contributed by atoms with Gasteiger partial charge in [-0.15, -0.1) is 0 Å². The Morgan fingerprint density at radius 3 is 2.64 bits per heavy atom. The fraction of sp³-hybridized carbons (Fsp3) is 0.455. The number of amides is 1. The summed E-state index contributed by atoms with van der Waals surface area (Å²) in [5.74, 6) is -1.87. The zero-order valence-electron chi connectivity index (χ0n) is 18.0. The van der Waals surface area contributed by atoms with Crippen molar-refractivity contribution in [1.29, 1.82) is 0 Å². The number of rotatable bonds is 3. The van der Waals surface area contributed by atoms with Crippen molar-refractivity contribution >= 4 is 17.7 Å². The van der Waals surface area contributed by atoms with Crippen LogP contribution in [-0.4, -0.2) is 69.4 Å². The molecule has 2 N–H and O–H groups in total. The molecule has 2 saturated heterocycles. The van der Waals surface area contributed by atoms with Gasteiger partial charge >= 0.3 is 12.1 Å². The average molecular weight is 466 g/mol. The number of hydrogen-bond donors (Lipinski definition) is 2. The summed E-state index contributed by atoms with van der Waals surface area (Å²) in [5, 5.41) is 10.6. The van der Waals surface area contributed by atoms with Crippen molar-refractivity contribution < 1.29 is 32.6 Å². The normalized spacial score (nSPS) is 22.4. The highest BCUT2D eigenvalue weighted by Crippen LogP contribution is 2.35. The Kier molecular flexibility index (Phi) is 7.52. The van der Waals surface area contributed by atoms with Crippen molar-refractivity contribution in [2.45, 2.75) is 44.0 Å². The first kappa shape index (κ1) is 24.4. The average Bonchev–Trinajstić information content (AvgIpc) is 3.16. The molecule has 1 amide bonds. The third-order valence-electron chi connectivity index (χ3n) is 5.46. The number of nitrogens with zero attached hydrogens (tertiary/aromatic N) is 3. The van der Waals surface area contributed by atoms with Crippen LogP contribution in [0.4, 0.5) is 19.0 Å². The lowest BCUT2D eigenvalue weighted by Crippen LogP contribution is -2.47. The van der Waals surface area contributed by atoms with Gasteiger partial charge in [0, 0.05) is 31.1 Å². The van der Waals surface area contributed by atoms with Crippen LogP contribution in [0.3, 0.4) is 0 Å². The monoisotopic (exact) mass is 466 g/mol. The van der Waals surface area contributed by atoms with Crippen molar-refractivity contribution in [2.75, 3.05) is 25.0 Å². The quantitative estimate of drug-likeness (QED) is 0.715. The Labute approximate surface area is 188 Å².